The molecule has 0 aromatic heterocycles. The van der Waals surface area contributed by atoms with E-state index in [-0.39, 0.29) is 5.92 Å². The zero-order chi connectivity index (χ0) is 19.0. The highest BCUT2D eigenvalue weighted by molar-refractivity contribution is 5.85. The summed E-state index contributed by atoms with van der Waals surface area (Å²) in [6, 6.07) is 43.0. The molecule has 0 saturated heterocycles. The Kier molecular flexibility index (Phi) is 5.80. The third-order valence-corrected chi connectivity index (χ3v) is 5.09. The van der Waals surface area contributed by atoms with Crippen molar-refractivity contribution in [1.82, 2.24) is 0 Å². The second-order valence-corrected chi connectivity index (χ2v) is 7.03. The first-order valence-electron chi connectivity index (χ1n) is 9.81. The fourth-order valence-corrected chi connectivity index (χ4v) is 3.69. The molecular formula is C28H24. The average molecular weight is 361 g/mol. The summed E-state index contributed by atoms with van der Waals surface area (Å²) in [5.41, 5.74) is 6.55. The maximum absolute atomic E-state index is 2.34. The molecule has 1 unspecified atom stereocenters. The van der Waals surface area contributed by atoms with Crippen molar-refractivity contribution >= 4 is 11.6 Å². The van der Waals surface area contributed by atoms with E-state index < -0.39 is 0 Å². The Bertz CT molecular complexity index is 1000. The number of benzene rings is 4. The SMILES string of the molecule is C(=C(c1ccccc1)C(Cc1ccccc1)c1ccccc1)c1ccccc1. The largest absolute Gasteiger partial charge is 0.0622 e. The smallest absolute Gasteiger partial charge is 0.0136 e. The van der Waals surface area contributed by atoms with Crippen LogP contribution in [0.25, 0.3) is 11.6 Å². The highest BCUT2D eigenvalue weighted by Gasteiger charge is 2.19. The van der Waals surface area contributed by atoms with Gasteiger partial charge in [-0.15, -0.1) is 0 Å². The topological polar surface area (TPSA) is 0 Å². The highest BCUT2D eigenvalue weighted by Crippen LogP contribution is 2.36. The van der Waals surface area contributed by atoms with E-state index in [1.165, 1.54) is 27.8 Å². The van der Waals surface area contributed by atoms with Crippen molar-refractivity contribution < 1.29 is 0 Å². The van der Waals surface area contributed by atoms with Gasteiger partial charge in [0, 0.05) is 5.92 Å². The molecule has 4 aromatic rings. The third kappa shape index (κ3) is 4.47. The maximum atomic E-state index is 2.34. The van der Waals surface area contributed by atoms with Crippen LogP contribution in [0, 0.1) is 0 Å². The predicted octanol–water partition coefficient (Wildman–Crippen LogP) is 7.25. The molecule has 0 N–H and O–H groups in total. The molecular weight excluding hydrogens is 336 g/mol. The van der Waals surface area contributed by atoms with Crippen LogP contribution in [-0.2, 0) is 6.42 Å². The maximum Gasteiger partial charge on any atom is 0.0136 e. The van der Waals surface area contributed by atoms with E-state index in [0.29, 0.717) is 0 Å². The van der Waals surface area contributed by atoms with E-state index in [9.17, 15) is 0 Å². The van der Waals surface area contributed by atoms with Crippen molar-refractivity contribution in [3.63, 3.8) is 0 Å². The van der Waals surface area contributed by atoms with Gasteiger partial charge in [0.05, 0.1) is 0 Å². The molecule has 0 fully saturated rings. The molecule has 0 bridgehead atoms. The van der Waals surface area contributed by atoms with Gasteiger partial charge in [0.25, 0.3) is 0 Å². The summed E-state index contributed by atoms with van der Waals surface area (Å²) in [6.07, 6.45) is 3.31. The van der Waals surface area contributed by atoms with Crippen molar-refractivity contribution in [3.8, 4) is 0 Å². The van der Waals surface area contributed by atoms with E-state index in [1.807, 2.05) is 0 Å². The summed E-state index contributed by atoms with van der Waals surface area (Å²) in [5.74, 6) is 0.284. The fraction of sp³-hybridized carbons (Fsp3) is 0.0714. The van der Waals surface area contributed by atoms with Gasteiger partial charge in [0.2, 0.25) is 0 Å². The van der Waals surface area contributed by atoms with Gasteiger partial charge in [-0.25, -0.2) is 0 Å². The predicted molar refractivity (Wildman–Crippen MR) is 120 cm³/mol. The molecule has 0 heteroatoms. The van der Waals surface area contributed by atoms with Gasteiger partial charge in [0.15, 0.2) is 0 Å². The molecule has 136 valence electrons. The Morgan fingerprint density at radius 2 is 1.07 bits per heavy atom. The standard InChI is InChI=1S/C28H24/c1-5-13-23(14-6-1)21-27(25-17-9-3-10-18-25)28(26-19-11-4-12-20-26)22-24-15-7-2-8-16-24/h1-21,28H,22H2. The van der Waals surface area contributed by atoms with Gasteiger partial charge in [-0.05, 0) is 34.2 Å². The molecule has 1 atom stereocenters. The Hall–Kier alpha value is -3.38. The molecule has 0 nitrogen and oxygen atoms in total. The molecule has 0 spiro atoms. The lowest BCUT2D eigenvalue weighted by molar-refractivity contribution is 0.857. The quantitative estimate of drug-likeness (QED) is 0.318. The van der Waals surface area contributed by atoms with Crippen molar-refractivity contribution in [2.45, 2.75) is 12.3 Å². The van der Waals surface area contributed by atoms with Crippen molar-refractivity contribution in [2.75, 3.05) is 0 Å². The molecule has 0 aliphatic rings. The van der Waals surface area contributed by atoms with Crippen LogP contribution in [0.1, 0.15) is 28.2 Å². The van der Waals surface area contributed by atoms with E-state index in [2.05, 4.69) is 127 Å². The van der Waals surface area contributed by atoms with Crippen LogP contribution < -0.4 is 0 Å². The first-order valence-corrected chi connectivity index (χ1v) is 9.81. The summed E-state index contributed by atoms with van der Waals surface area (Å²) < 4.78 is 0. The summed E-state index contributed by atoms with van der Waals surface area (Å²) in [6.45, 7) is 0. The minimum absolute atomic E-state index is 0.284. The fourth-order valence-electron chi connectivity index (χ4n) is 3.69. The van der Waals surface area contributed by atoms with Crippen LogP contribution in [0.15, 0.2) is 121 Å². The van der Waals surface area contributed by atoms with Gasteiger partial charge >= 0.3 is 0 Å². The number of allylic oxidation sites excluding steroid dienone is 1. The molecule has 0 amide bonds. The monoisotopic (exact) mass is 360 g/mol. The Morgan fingerprint density at radius 3 is 1.68 bits per heavy atom. The van der Waals surface area contributed by atoms with Gasteiger partial charge in [-0.3, -0.25) is 0 Å². The van der Waals surface area contributed by atoms with Crippen molar-refractivity contribution in [3.05, 3.63) is 144 Å². The lowest BCUT2D eigenvalue weighted by atomic mass is 9.81. The Balaban J connectivity index is 1.84. The highest BCUT2D eigenvalue weighted by atomic mass is 14.2. The van der Waals surface area contributed by atoms with Gasteiger partial charge in [-0.2, -0.15) is 0 Å². The van der Waals surface area contributed by atoms with Gasteiger partial charge < -0.3 is 0 Å². The number of rotatable bonds is 6. The van der Waals surface area contributed by atoms with Crippen molar-refractivity contribution in [1.29, 1.82) is 0 Å². The van der Waals surface area contributed by atoms with Crippen LogP contribution in [-0.4, -0.2) is 0 Å². The Labute approximate surface area is 167 Å². The lowest BCUT2D eigenvalue weighted by Crippen LogP contribution is -2.06. The van der Waals surface area contributed by atoms with Gasteiger partial charge in [-0.1, -0.05) is 127 Å². The van der Waals surface area contributed by atoms with E-state index in [0.717, 1.165) is 6.42 Å². The second-order valence-electron chi connectivity index (χ2n) is 7.03. The van der Waals surface area contributed by atoms with E-state index in [1.54, 1.807) is 0 Å². The van der Waals surface area contributed by atoms with Gasteiger partial charge in [0.1, 0.15) is 0 Å². The number of hydrogen-bond donors (Lipinski definition) is 0. The minimum atomic E-state index is 0.284. The molecule has 0 aliphatic heterocycles. The third-order valence-electron chi connectivity index (χ3n) is 5.09. The zero-order valence-corrected chi connectivity index (χ0v) is 15.9. The first kappa shape index (κ1) is 18.0. The first-order chi connectivity index (χ1) is 13.9. The molecule has 0 heterocycles. The molecule has 28 heavy (non-hydrogen) atoms. The zero-order valence-electron chi connectivity index (χ0n) is 15.9. The molecule has 0 aliphatic carbocycles. The normalized spacial score (nSPS) is 12.5. The summed E-state index contributed by atoms with van der Waals surface area (Å²) in [5, 5.41) is 0. The van der Waals surface area contributed by atoms with Crippen LogP contribution in [0.4, 0.5) is 0 Å². The van der Waals surface area contributed by atoms with Crippen LogP contribution in [0.5, 0.6) is 0 Å². The average Bonchev–Trinajstić information content (AvgIpc) is 2.79. The summed E-state index contributed by atoms with van der Waals surface area (Å²) in [4.78, 5) is 0. The van der Waals surface area contributed by atoms with Crippen LogP contribution >= 0.6 is 0 Å². The van der Waals surface area contributed by atoms with E-state index in [4.69, 9.17) is 0 Å². The molecule has 0 radical (unpaired) electrons. The number of hydrogen-bond acceptors (Lipinski definition) is 0. The molecule has 4 aromatic carbocycles. The van der Waals surface area contributed by atoms with E-state index >= 15 is 0 Å². The molecule has 0 saturated carbocycles. The van der Waals surface area contributed by atoms with Crippen molar-refractivity contribution in [2.24, 2.45) is 0 Å². The second kappa shape index (κ2) is 9.01. The Morgan fingerprint density at radius 1 is 0.571 bits per heavy atom. The summed E-state index contributed by atoms with van der Waals surface area (Å²) >= 11 is 0. The van der Waals surface area contributed by atoms with Crippen LogP contribution in [0.2, 0.25) is 0 Å². The minimum Gasteiger partial charge on any atom is -0.0622 e. The summed E-state index contributed by atoms with van der Waals surface area (Å²) in [7, 11) is 0. The lowest BCUT2D eigenvalue weighted by Gasteiger charge is -2.22. The molecule has 4 rings (SSSR count). The van der Waals surface area contributed by atoms with Crippen LogP contribution in [0.3, 0.4) is 0 Å².